The largest absolute Gasteiger partial charge is 0.497 e. The lowest BCUT2D eigenvalue weighted by Crippen LogP contribution is -2.29. The molecular weight excluding hydrogens is 280 g/mol. The summed E-state index contributed by atoms with van der Waals surface area (Å²) in [6, 6.07) is 7.86. The number of hydrogen-bond donors (Lipinski definition) is 3. The first-order valence-electron chi connectivity index (χ1n) is 7.46. The molecule has 0 radical (unpaired) electrons. The summed E-state index contributed by atoms with van der Waals surface area (Å²) in [5, 5.41) is 13.3. The first-order valence-corrected chi connectivity index (χ1v) is 7.46. The summed E-state index contributed by atoms with van der Waals surface area (Å²) in [7, 11) is 1.65. The van der Waals surface area contributed by atoms with Crippen LogP contribution < -0.4 is 15.4 Å². The SMILES string of the molecule is COc1cccc(CCNC(=O)c2n[nH]c3c2CNCC3)c1. The molecule has 0 saturated heterocycles. The quantitative estimate of drug-likeness (QED) is 0.771. The fourth-order valence-corrected chi connectivity index (χ4v) is 2.65. The van der Waals surface area contributed by atoms with Crippen LogP contribution in [0.1, 0.15) is 27.3 Å². The molecule has 1 aliphatic heterocycles. The maximum absolute atomic E-state index is 12.2. The zero-order valence-corrected chi connectivity index (χ0v) is 12.6. The van der Waals surface area contributed by atoms with Gasteiger partial charge in [-0.2, -0.15) is 5.10 Å². The van der Waals surface area contributed by atoms with Crippen LogP contribution in [-0.2, 0) is 19.4 Å². The summed E-state index contributed by atoms with van der Waals surface area (Å²) in [5.74, 6) is 0.709. The fraction of sp³-hybridized carbons (Fsp3) is 0.375. The summed E-state index contributed by atoms with van der Waals surface area (Å²) >= 11 is 0. The second kappa shape index (κ2) is 6.62. The van der Waals surface area contributed by atoms with E-state index in [1.54, 1.807) is 7.11 Å². The van der Waals surface area contributed by atoms with E-state index in [0.29, 0.717) is 18.8 Å². The highest BCUT2D eigenvalue weighted by Crippen LogP contribution is 2.15. The molecule has 1 aliphatic rings. The molecular formula is C16H20N4O2. The number of ether oxygens (including phenoxy) is 1. The average molecular weight is 300 g/mol. The number of fused-ring (bicyclic) bond motifs is 1. The van der Waals surface area contributed by atoms with Crippen molar-refractivity contribution in [1.29, 1.82) is 0 Å². The number of benzene rings is 1. The van der Waals surface area contributed by atoms with Crippen LogP contribution in [0.5, 0.6) is 5.75 Å². The van der Waals surface area contributed by atoms with E-state index in [-0.39, 0.29) is 5.91 Å². The van der Waals surface area contributed by atoms with Gasteiger partial charge in [0.15, 0.2) is 5.69 Å². The maximum atomic E-state index is 12.2. The van der Waals surface area contributed by atoms with Crippen LogP contribution >= 0.6 is 0 Å². The van der Waals surface area contributed by atoms with E-state index in [1.165, 1.54) is 0 Å². The molecule has 22 heavy (non-hydrogen) atoms. The molecule has 3 rings (SSSR count). The second-order valence-electron chi connectivity index (χ2n) is 5.31. The number of methoxy groups -OCH3 is 1. The van der Waals surface area contributed by atoms with E-state index >= 15 is 0 Å². The van der Waals surface area contributed by atoms with Crippen molar-refractivity contribution in [2.75, 3.05) is 20.2 Å². The molecule has 0 saturated carbocycles. The van der Waals surface area contributed by atoms with Gasteiger partial charge in [0.25, 0.3) is 5.91 Å². The highest BCUT2D eigenvalue weighted by Gasteiger charge is 2.21. The molecule has 6 nitrogen and oxygen atoms in total. The summed E-state index contributed by atoms with van der Waals surface area (Å²) < 4.78 is 5.19. The Kier molecular flexibility index (Phi) is 4.39. The van der Waals surface area contributed by atoms with Crippen LogP contribution in [0.2, 0.25) is 0 Å². The Morgan fingerprint density at radius 1 is 1.45 bits per heavy atom. The fourth-order valence-electron chi connectivity index (χ4n) is 2.65. The predicted molar refractivity (Wildman–Crippen MR) is 83.0 cm³/mol. The van der Waals surface area contributed by atoms with Gasteiger partial charge in [0.2, 0.25) is 0 Å². The van der Waals surface area contributed by atoms with E-state index in [1.807, 2.05) is 24.3 Å². The molecule has 2 aromatic rings. The number of hydrogen-bond acceptors (Lipinski definition) is 4. The van der Waals surface area contributed by atoms with Crippen molar-refractivity contribution in [3.63, 3.8) is 0 Å². The number of H-pyrrole nitrogens is 1. The maximum Gasteiger partial charge on any atom is 0.272 e. The number of amides is 1. The third kappa shape index (κ3) is 3.12. The van der Waals surface area contributed by atoms with Gasteiger partial charge in [0, 0.05) is 37.3 Å². The molecule has 0 fully saturated rings. The van der Waals surface area contributed by atoms with Gasteiger partial charge in [0.1, 0.15) is 5.75 Å². The van der Waals surface area contributed by atoms with Crippen molar-refractivity contribution in [1.82, 2.24) is 20.8 Å². The Labute approximate surface area is 129 Å². The van der Waals surface area contributed by atoms with Gasteiger partial charge in [-0.3, -0.25) is 9.89 Å². The molecule has 1 aromatic heterocycles. The van der Waals surface area contributed by atoms with Gasteiger partial charge in [-0.25, -0.2) is 0 Å². The zero-order chi connectivity index (χ0) is 15.4. The number of carbonyl (C=O) groups excluding carboxylic acids is 1. The van der Waals surface area contributed by atoms with Gasteiger partial charge >= 0.3 is 0 Å². The standard InChI is InChI=1S/C16H20N4O2/c1-22-12-4-2-3-11(9-12)5-8-18-16(21)15-13-10-17-7-6-14(13)19-20-15/h2-4,9,17H,5-8,10H2,1H3,(H,18,21)(H,19,20). The second-order valence-corrected chi connectivity index (χ2v) is 5.31. The minimum Gasteiger partial charge on any atom is -0.497 e. The molecule has 0 aliphatic carbocycles. The number of nitrogens with zero attached hydrogens (tertiary/aromatic N) is 1. The van der Waals surface area contributed by atoms with E-state index in [0.717, 1.165) is 42.0 Å². The molecule has 2 heterocycles. The molecule has 0 atom stereocenters. The first-order chi connectivity index (χ1) is 10.8. The van der Waals surface area contributed by atoms with Crippen molar-refractivity contribution in [3.05, 3.63) is 46.8 Å². The van der Waals surface area contributed by atoms with Gasteiger partial charge in [0.05, 0.1) is 7.11 Å². The van der Waals surface area contributed by atoms with E-state index in [2.05, 4.69) is 20.8 Å². The topological polar surface area (TPSA) is 79.0 Å². The zero-order valence-electron chi connectivity index (χ0n) is 12.6. The van der Waals surface area contributed by atoms with Crippen molar-refractivity contribution in [3.8, 4) is 5.75 Å². The van der Waals surface area contributed by atoms with Crippen LogP contribution in [0.4, 0.5) is 0 Å². The molecule has 6 heteroatoms. The number of carbonyl (C=O) groups is 1. The average Bonchev–Trinajstić information content (AvgIpc) is 2.99. The number of rotatable bonds is 5. The molecule has 0 unspecified atom stereocenters. The van der Waals surface area contributed by atoms with Gasteiger partial charge in [-0.1, -0.05) is 12.1 Å². The van der Waals surface area contributed by atoms with Crippen molar-refractivity contribution < 1.29 is 9.53 Å². The van der Waals surface area contributed by atoms with Crippen LogP contribution in [0.15, 0.2) is 24.3 Å². The van der Waals surface area contributed by atoms with E-state index in [4.69, 9.17) is 4.74 Å². The Hall–Kier alpha value is -2.34. The number of aromatic amines is 1. The highest BCUT2D eigenvalue weighted by molar-refractivity contribution is 5.94. The molecule has 1 aromatic carbocycles. The first kappa shape index (κ1) is 14.6. The summed E-state index contributed by atoms with van der Waals surface area (Å²) in [5.41, 5.74) is 3.69. The smallest absolute Gasteiger partial charge is 0.272 e. The Morgan fingerprint density at radius 2 is 2.36 bits per heavy atom. The molecule has 0 spiro atoms. The lowest BCUT2D eigenvalue weighted by molar-refractivity contribution is 0.0948. The third-order valence-electron chi connectivity index (χ3n) is 3.85. The van der Waals surface area contributed by atoms with Gasteiger partial charge in [-0.15, -0.1) is 0 Å². The van der Waals surface area contributed by atoms with Crippen LogP contribution in [0.3, 0.4) is 0 Å². The molecule has 0 bridgehead atoms. The normalized spacial score (nSPS) is 13.5. The van der Waals surface area contributed by atoms with Crippen LogP contribution in [0.25, 0.3) is 0 Å². The monoisotopic (exact) mass is 300 g/mol. The van der Waals surface area contributed by atoms with Crippen LogP contribution in [0, 0.1) is 0 Å². The third-order valence-corrected chi connectivity index (χ3v) is 3.85. The highest BCUT2D eigenvalue weighted by atomic mass is 16.5. The Bertz CT molecular complexity index is 666. The van der Waals surface area contributed by atoms with Crippen molar-refractivity contribution in [2.24, 2.45) is 0 Å². The predicted octanol–water partition coefficient (Wildman–Crippen LogP) is 1.04. The Morgan fingerprint density at radius 3 is 3.23 bits per heavy atom. The minimum atomic E-state index is -0.121. The van der Waals surface area contributed by atoms with Crippen molar-refractivity contribution >= 4 is 5.91 Å². The number of nitrogens with one attached hydrogen (secondary N) is 3. The van der Waals surface area contributed by atoms with Crippen LogP contribution in [-0.4, -0.2) is 36.3 Å². The summed E-state index contributed by atoms with van der Waals surface area (Å²) in [4.78, 5) is 12.2. The van der Waals surface area contributed by atoms with Gasteiger partial charge < -0.3 is 15.4 Å². The molecule has 1 amide bonds. The summed E-state index contributed by atoms with van der Waals surface area (Å²) in [6.07, 6.45) is 1.65. The lowest BCUT2D eigenvalue weighted by Gasteiger charge is -2.12. The summed E-state index contributed by atoms with van der Waals surface area (Å²) in [6.45, 7) is 2.19. The van der Waals surface area contributed by atoms with E-state index < -0.39 is 0 Å². The number of aromatic nitrogens is 2. The minimum absolute atomic E-state index is 0.121. The van der Waals surface area contributed by atoms with Gasteiger partial charge in [-0.05, 0) is 24.1 Å². The molecule has 3 N–H and O–H groups in total. The Balaban J connectivity index is 1.57. The lowest BCUT2D eigenvalue weighted by atomic mass is 10.1. The molecule has 116 valence electrons. The van der Waals surface area contributed by atoms with Crippen molar-refractivity contribution in [2.45, 2.75) is 19.4 Å². The van der Waals surface area contributed by atoms with E-state index in [9.17, 15) is 4.79 Å².